The van der Waals surface area contributed by atoms with Crippen LogP contribution in [0.4, 0.5) is 0 Å². The van der Waals surface area contributed by atoms with Gasteiger partial charge in [0.25, 0.3) is 5.91 Å². The summed E-state index contributed by atoms with van der Waals surface area (Å²) in [6.45, 7) is 0.281. The van der Waals surface area contributed by atoms with Crippen molar-refractivity contribution in [2.75, 3.05) is 13.1 Å². The molecule has 0 rings (SSSR count). The lowest BCUT2D eigenvalue weighted by molar-refractivity contribution is -0.138. The molecule has 9 nitrogen and oxygen atoms in total. The third-order valence-electron chi connectivity index (χ3n) is 2.21. The van der Waals surface area contributed by atoms with Crippen molar-refractivity contribution in [1.82, 2.24) is 10.6 Å². The first-order valence-electron chi connectivity index (χ1n) is 5.99. The molecule has 9 heteroatoms. The second-order valence-electron chi connectivity index (χ2n) is 3.94. The topological polar surface area (TPSA) is 162 Å². The molecule has 0 aromatic carbocycles. The summed E-state index contributed by atoms with van der Waals surface area (Å²) in [5, 5.41) is 31.0. The van der Waals surface area contributed by atoms with Gasteiger partial charge < -0.3 is 31.7 Å². The molecule has 0 spiro atoms. The van der Waals surface area contributed by atoms with Crippen LogP contribution in [0.3, 0.4) is 0 Å². The van der Waals surface area contributed by atoms with E-state index in [0.29, 0.717) is 0 Å². The molecule has 0 heterocycles. The number of hydrogen-bond donors (Lipinski definition) is 6. The van der Waals surface area contributed by atoms with Gasteiger partial charge in [-0.05, 0) is 12.8 Å². The molecule has 7 N–H and O–H groups in total. The van der Waals surface area contributed by atoms with Crippen LogP contribution < -0.4 is 16.4 Å². The molecular weight excluding hydrogens is 270 g/mol. The first-order valence-corrected chi connectivity index (χ1v) is 5.99. The minimum atomic E-state index is -0.967. The number of carboxylic acids is 2. The average molecular weight is 289 g/mol. The van der Waals surface area contributed by atoms with E-state index < -0.39 is 29.4 Å². The van der Waals surface area contributed by atoms with Crippen LogP contribution in [0.2, 0.25) is 0 Å². The van der Waals surface area contributed by atoms with Gasteiger partial charge in [0, 0.05) is 25.9 Å². The number of carboxylic acid groups (broad SMARTS) is 2. The van der Waals surface area contributed by atoms with E-state index in [1.165, 1.54) is 0 Å². The van der Waals surface area contributed by atoms with Crippen LogP contribution >= 0.6 is 0 Å². The number of aliphatic hydroxyl groups excluding tert-OH is 1. The minimum absolute atomic E-state index is 0.0679. The molecule has 1 amide bonds. The minimum Gasteiger partial charge on any atom is -0.493 e. The monoisotopic (exact) mass is 289 g/mol. The molecule has 0 aliphatic heterocycles. The maximum atomic E-state index is 11.4. The van der Waals surface area contributed by atoms with Crippen LogP contribution in [-0.4, -0.2) is 46.3 Å². The summed E-state index contributed by atoms with van der Waals surface area (Å²) in [6, 6.07) is 0. The van der Waals surface area contributed by atoms with Gasteiger partial charge in [-0.25, -0.2) is 0 Å². The lowest BCUT2D eigenvalue weighted by Crippen LogP contribution is -2.33. The number of aliphatic carboxylic acids is 2. The average Bonchev–Trinajstić information content (AvgIpc) is 2.37. The Bertz CT molecular complexity index is 394. The van der Waals surface area contributed by atoms with Crippen molar-refractivity contribution in [3.63, 3.8) is 0 Å². The Labute approximate surface area is 115 Å². The number of aliphatic hydroxyl groups is 1. The van der Waals surface area contributed by atoms with E-state index >= 15 is 0 Å². The number of rotatable bonds is 10. The fraction of sp³-hybridized carbons (Fsp3) is 0.545. The molecular formula is C11H19N3O6. The van der Waals surface area contributed by atoms with Gasteiger partial charge in [0.1, 0.15) is 0 Å². The van der Waals surface area contributed by atoms with E-state index in [1.54, 1.807) is 0 Å². The van der Waals surface area contributed by atoms with Gasteiger partial charge in [0.15, 0.2) is 5.70 Å². The van der Waals surface area contributed by atoms with Gasteiger partial charge >= 0.3 is 11.9 Å². The Morgan fingerprint density at radius 1 is 0.850 bits per heavy atom. The Morgan fingerprint density at radius 2 is 1.30 bits per heavy atom. The summed E-state index contributed by atoms with van der Waals surface area (Å²) in [5.41, 5.74) is 4.93. The van der Waals surface area contributed by atoms with Crippen molar-refractivity contribution in [2.45, 2.75) is 25.7 Å². The van der Waals surface area contributed by atoms with Crippen molar-refractivity contribution in [3.8, 4) is 0 Å². The van der Waals surface area contributed by atoms with Crippen LogP contribution in [0.1, 0.15) is 25.7 Å². The van der Waals surface area contributed by atoms with E-state index in [2.05, 4.69) is 10.6 Å². The first-order chi connectivity index (χ1) is 9.34. The molecule has 0 unspecified atom stereocenters. The molecule has 0 radical (unpaired) electrons. The largest absolute Gasteiger partial charge is 0.493 e. The number of nitrogens with one attached hydrogen (secondary N) is 2. The molecule has 0 aromatic rings. The standard InChI is InChI=1S/C11H19N3O6/c12-9(10(19)13-5-1-3-7(15)16)11(20)14-6-2-4-8(17)18/h13,19H,1-6,12H2,(H,14,20)(H,15,16)(H,17,18)/b10-9+. The summed E-state index contributed by atoms with van der Waals surface area (Å²) in [5.74, 6) is -3.19. The summed E-state index contributed by atoms with van der Waals surface area (Å²) in [4.78, 5) is 31.9. The summed E-state index contributed by atoms with van der Waals surface area (Å²) >= 11 is 0. The third-order valence-corrected chi connectivity index (χ3v) is 2.21. The zero-order chi connectivity index (χ0) is 15.5. The molecule has 0 fully saturated rings. The molecule has 0 saturated heterocycles. The highest BCUT2D eigenvalue weighted by molar-refractivity contribution is 5.92. The Balaban J connectivity index is 4.01. The van der Waals surface area contributed by atoms with Gasteiger partial charge in [-0.1, -0.05) is 0 Å². The molecule has 0 aliphatic carbocycles. The van der Waals surface area contributed by atoms with Gasteiger partial charge in [-0.3, -0.25) is 14.4 Å². The SMILES string of the molecule is N/C(C(=O)NCCCC(=O)O)=C(/O)NCCCC(=O)O. The van der Waals surface area contributed by atoms with Gasteiger partial charge in [0.05, 0.1) is 0 Å². The van der Waals surface area contributed by atoms with Crippen molar-refractivity contribution in [1.29, 1.82) is 0 Å². The smallest absolute Gasteiger partial charge is 0.303 e. The molecule has 0 bridgehead atoms. The van der Waals surface area contributed by atoms with Crippen molar-refractivity contribution in [3.05, 3.63) is 11.6 Å². The highest BCUT2D eigenvalue weighted by Gasteiger charge is 2.11. The normalized spacial score (nSPS) is 11.4. The molecule has 0 atom stereocenters. The maximum Gasteiger partial charge on any atom is 0.303 e. The number of carbonyl (C=O) groups is 3. The number of amides is 1. The zero-order valence-corrected chi connectivity index (χ0v) is 10.9. The third kappa shape index (κ3) is 8.61. The fourth-order valence-corrected chi connectivity index (χ4v) is 1.19. The van der Waals surface area contributed by atoms with Crippen molar-refractivity contribution in [2.24, 2.45) is 5.73 Å². The van der Waals surface area contributed by atoms with Crippen molar-refractivity contribution >= 4 is 17.8 Å². The van der Waals surface area contributed by atoms with Crippen LogP contribution in [0.25, 0.3) is 0 Å². The maximum absolute atomic E-state index is 11.4. The summed E-state index contributed by atoms with van der Waals surface area (Å²) in [7, 11) is 0. The van der Waals surface area contributed by atoms with Gasteiger partial charge in [-0.15, -0.1) is 0 Å². The van der Waals surface area contributed by atoms with Crippen molar-refractivity contribution < 1.29 is 29.7 Å². The van der Waals surface area contributed by atoms with Crippen LogP contribution in [0.5, 0.6) is 0 Å². The second kappa shape index (κ2) is 9.48. The number of nitrogens with two attached hydrogens (primary N) is 1. The second-order valence-corrected chi connectivity index (χ2v) is 3.94. The molecule has 0 aromatic heterocycles. The van der Waals surface area contributed by atoms with E-state index in [0.717, 1.165) is 0 Å². The Hall–Kier alpha value is -2.45. The predicted molar refractivity (Wildman–Crippen MR) is 68.6 cm³/mol. The van der Waals surface area contributed by atoms with Crippen LogP contribution in [-0.2, 0) is 14.4 Å². The number of carbonyl (C=O) groups excluding carboxylic acids is 1. The van der Waals surface area contributed by atoms with E-state index in [9.17, 15) is 19.5 Å². The van der Waals surface area contributed by atoms with E-state index in [4.69, 9.17) is 15.9 Å². The quantitative estimate of drug-likeness (QED) is 0.171. The van der Waals surface area contributed by atoms with E-state index in [-0.39, 0.29) is 38.8 Å². The zero-order valence-electron chi connectivity index (χ0n) is 10.9. The van der Waals surface area contributed by atoms with Crippen LogP contribution in [0.15, 0.2) is 11.6 Å². The summed E-state index contributed by atoms with van der Waals surface area (Å²) in [6.07, 6.45) is 0.374. The molecule has 0 aliphatic rings. The number of hydrogen-bond acceptors (Lipinski definition) is 6. The lowest BCUT2D eigenvalue weighted by Gasteiger charge is -2.08. The Kier molecular flexibility index (Phi) is 8.32. The van der Waals surface area contributed by atoms with Gasteiger partial charge in [-0.2, -0.15) is 0 Å². The van der Waals surface area contributed by atoms with Gasteiger partial charge in [0.2, 0.25) is 5.88 Å². The fourth-order valence-electron chi connectivity index (χ4n) is 1.19. The first kappa shape index (κ1) is 17.6. The highest BCUT2D eigenvalue weighted by Crippen LogP contribution is 1.94. The molecule has 114 valence electrons. The van der Waals surface area contributed by atoms with E-state index in [1.807, 2.05) is 0 Å². The lowest BCUT2D eigenvalue weighted by atomic mass is 10.3. The summed E-state index contributed by atoms with van der Waals surface area (Å²) < 4.78 is 0. The molecule has 20 heavy (non-hydrogen) atoms. The Morgan fingerprint density at radius 3 is 1.75 bits per heavy atom. The van der Waals surface area contributed by atoms with Crippen LogP contribution in [0, 0.1) is 0 Å². The predicted octanol–water partition coefficient (Wildman–Crippen LogP) is -0.892. The highest BCUT2D eigenvalue weighted by atomic mass is 16.4. The molecule has 0 saturated carbocycles.